The van der Waals surface area contributed by atoms with Gasteiger partial charge >= 0.3 is 5.97 Å². The molecule has 0 radical (unpaired) electrons. The van der Waals surface area contributed by atoms with Crippen molar-refractivity contribution >= 4 is 5.97 Å². The zero-order valence-electron chi connectivity index (χ0n) is 11.3. The molecule has 0 amide bonds. The van der Waals surface area contributed by atoms with Crippen LogP contribution in [0.1, 0.15) is 50.3 Å². The molecule has 1 heterocycles. The third kappa shape index (κ3) is 2.78. The van der Waals surface area contributed by atoms with E-state index in [1.54, 1.807) is 0 Å². The van der Waals surface area contributed by atoms with Crippen molar-refractivity contribution in [2.24, 2.45) is 0 Å². The quantitative estimate of drug-likeness (QED) is 0.726. The summed E-state index contributed by atoms with van der Waals surface area (Å²) in [7, 11) is 1.42. The van der Waals surface area contributed by atoms with Crippen LogP contribution in [-0.2, 0) is 16.1 Å². The lowest BCUT2D eigenvalue weighted by Gasteiger charge is -2.25. The van der Waals surface area contributed by atoms with Gasteiger partial charge in [-0.15, -0.1) is 10.2 Å². The average Bonchev–Trinajstić information content (AvgIpc) is 3.33. The first-order chi connectivity index (χ1) is 9.19. The fourth-order valence-corrected chi connectivity index (χ4v) is 2.28. The minimum atomic E-state index is -0.270. The molecule has 0 bridgehead atoms. The molecule has 104 valence electrons. The molecule has 6 nitrogen and oxygen atoms in total. The summed E-state index contributed by atoms with van der Waals surface area (Å²) in [5.74, 6) is 1.60. The van der Waals surface area contributed by atoms with Crippen LogP contribution in [0.15, 0.2) is 4.42 Å². The summed E-state index contributed by atoms with van der Waals surface area (Å²) in [5, 5.41) is 8.16. The number of nitrogens with zero attached hydrogens (tertiary/aromatic N) is 3. The first kappa shape index (κ1) is 12.6. The Morgan fingerprint density at radius 1 is 1.42 bits per heavy atom. The summed E-state index contributed by atoms with van der Waals surface area (Å²) in [6.07, 6.45) is 4.52. The van der Waals surface area contributed by atoms with Gasteiger partial charge in [0.15, 0.2) is 0 Å². The zero-order valence-corrected chi connectivity index (χ0v) is 11.3. The van der Waals surface area contributed by atoms with Gasteiger partial charge < -0.3 is 9.15 Å². The predicted octanol–water partition coefficient (Wildman–Crippen LogP) is 1.47. The van der Waals surface area contributed by atoms with E-state index in [0.717, 1.165) is 31.6 Å². The smallest absolute Gasteiger partial charge is 0.322 e. The Morgan fingerprint density at radius 2 is 2.16 bits per heavy atom. The van der Waals surface area contributed by atoms with E-state index in [2.05, 4.69) is 15.1 Å². The molecule has 0 aliphatic heterocycles. The molecule has 1 aromatic heterocycles. The third-order valence-corrected chi connectivity index (χ3v) is 3.78. The monoisotopic (exact) mass is 265 g/mol. The van der Waals surface area contributed by atoms with Gasteiger partial charge in [0.05, 0.1) is 13.7 Å². The number of rotatable bonds is 6. The molecule has 0 aromatic carbocycles. The van der Waals surface area contributed by atoms with E-state index in [-0.39, 0.29) is 12.0 Å². The van der Waals surface area contributed by atoms with Gasteiger partial charge in [0, 0.05) is 12.0 Å². The summed E-state index contributed by atoms with van der Waals surface area (Å²) in [5.41, 5.74) is 0. The highest BCUT2D eigenvalue weighted by atomic mass is 16.5. The maximum atomic E-state index is 11.7. The zero-order chi connectivity index (χ0) is 13.4. The summed E-state index contributed by atoms with van der Waals surface area (Å²) < 4.78 is 10.5. The Labute approximate surface area is 112 Å². The molecule has 19 heavy (non-hydrogen) atoms. The molecule has 2 aliphatic rings. The number of carbonyl (C=O) groups excluding carboxylic acids is 1. The Balaban J connectivity index is 1.67. The van der Waals surface area contributed by atoms with E-state index in [1.165, 1.54) is 7.11 Å². The van der Waals surface area contributed by atoms with Crippen molar-refractivity contribution in [1.82, 2.24) is 15.1 Å². The summed E-state index contributed by atoms with van der Waals surface area (Å²) in [6, 6.07) is 0.166. The van der Waals surface area contributed by atoms with Crippen molar-refractivity contribution in [1.29, 1.82) is 0 Å². The van der Waals surface area contributed by atoms with Crippen molar-refractivity contribution in [2.45, 2.75) is 57.2 Å². The first-order valence-corrected chi connectivity index (χ1v) is 6.85. The van der Waals surface area contributed by atoms with Gasteiger partial charge in [0.1, 0.15) is 6.04 Å². The minimum Gasteiger partial charge on any atom is -0.468 e. The van der Waals surface area contributed by atoms with Crippen LogP contribution in [0.3, 0.4) is 0 Å². The Kier molecular flexibility index (Phi) is 3.26. The van der Waals surface area contributed by atoms with Crippen molar-refractivity contribution in [3.8, 4) is 0 Å². The Hall–Kier alpha value is -1.43. The summed E-state index contributed by atoms with van der Waals surface area (Å²) in [6.45, 7) is 2.39. The molecule has 1 aromatic rings. The van der Waals surface area contributed by atoms with Crippen LogP contribution in [-0.4, -0.2) is 40.3 Å². The van der Waals surface area contributed by atoms with E-state index in [1.807, 2.05) is 6.92 Å². The molecule has 1 atom stereocenters. The normalized spacial score (nSPS) is 20.6. The van der Waals surface area contributed by atoms with Gasteiger partial charge in [-0.25, -0.2) is 0 Å². The SMILES string of the molecule is COC(=O)[C@H](C)N(Cc1nnc(C2CC2)o1)C1CC1. The van der Waals surface area contributed by atoms with E-state index in [0.29, 0.717) is 24.4 Å². The van der Waals surface area contributed by atoms with Crippen LogP contribution in [0.5, 0.6) is 0 Å². The second-order valence-corrected chi connectivity index (χ2v) is 5.41. The fraction of sp³-hybridized carbons (Fsp3) is 0.769. The molecule has 0 unspecified atom stereocenters. The van der Waals surface area contributed by atoms with Gasteiger partial charge in [-0.05, 0) is 32.6 Å². The number of carbonyl (C=O) groups is 1. The predicted molar refractivity (Wildman–Crippen MR) is 66.3 cm³/mol. The molecule has 2 aliphatic carbocycles. The molecular formula is C13H19N3O3. The average molecular weight is 265 g/mol. The highest BCUT2D eigenvalue weighted by molar-refractivity contribution is 5.75. The largest absolute Gasteiger partial charge is 0.468 e. The van der Waals surface area contributed by atoms with Crippen LogP contribution in [0.25, 0.3) is 0 Å². The topological polar surface area (TPSA) is 68.5 Å². The van der Waals surface area contributed by atoms with E-state index in [9.17, 15) is 4.79 Å². The highest BCUT2D eigenvalue weighted by Crippen LogP contribution is 2.39. The number of aromatic nitrogens is 2. The fourth-order valence-electron chi connectivity index (χ4n) is 2.28. The lowest BCUT2D eigenvalue weighted by Crippen LogP contribution is -2.40. The van der Waals surface area contributed by atoms with Crippen molar-refractivity contribution in [2.75, 3.05) is 7.11 Å². The maximum absolute atomic E-state index is 11.7. The molecule has 0 N–H and O–H groups in total. The number of hydrogen-bond donors (Lipinski definition) is 0. The van der Waals surface area contributed by atoms with E-state index < -0.39 is 0 Å². The number of hydrogen-bond acceptors (Lipinski definition) is 6. The molecule has 0 saturated heterocycles. The van der Waals surface area contributed by atoms with Crippen LogP contribution in [0, 0.1) is 0 Å². The van der Waals surface area contributed by atoms with Gasteiger partial charge in [-0.1, -0.05) is 0 Å². The molecular weight excluding hydrogens is 246 g/mol. The molecule has 2 saturated carbocycles. The minimum absolute atomic E-state index is 0.214. The Bertz CT molecular complexity index is 465. The van der Waals surface area contributed by atoms with Gasteiger partial charge in [0.25, 0.3) is 0 Å². The van der Waals surface area contributed by atoms with Crippen LogP contribution >= 0.6 is 0 Å². The molecule has 0 spiro atoms. The van der Waals surface area contributed by atoms with Crippen molar-refractivity contribution in [3.05, 3.63) is 11.8 Å². The number of ether oxygens (including phenoxy) is 1. The van der Waals surface area contributed by atoms with Crippen molar-refractivity contribution in [3.63, 3.8) is 0 Å². The molecule has 3 rings (SSSR count). The highest BCUT2D eigenvalue weighted by Gasteiger charge is 2.37. The van der Waals surface area contributed by atoms with E-state index in [4.69, 9.17) is 9.15 Å². The molecule has 6 heteroatoms. The second kappa shape index (κ2) is 4.92. The Morgan fingerprint density at radius 3 is 2.74 bits per heavy atom. The maximum Gasteiger partial charge on any atom is 0.322 e. The second-order valence-electron chi connectivity index (χ2n) is 5.41. The summed E-state index contributed by atoms with van der Waals surface area (Å²) >= 11 is 0. The van der Waals surface area contributed by atoms with Gasteiger partial charge in [0.2, 0.25) is 11.8 Å². The van der Waals surface area contributed by atoms with E-state index >= 15 is 0 Å². The number of esters is 1. The van der Waals surface area contributed by atoms with Gasteiger partial charge in [-0.2, -0.15) is 0 Å². The molecule has 2 fully saturated rings. The lowest BCUT2D eigenvalue weighted by molar-refractivity contribution is -0.146. The van der Waals surface area contributed by atoms with Crippen LogP contribution in [0.4, 0.5) is 0 Å². The lowest BCUT2D eigenvalue weighted by atomic mass is 10.2. The summed E-state index contributed by atoms with van der Waals surface area (Å²) in [4.78, 5) is 13.8. The number of methoxy groups -OCH3 is 1. The van der Waals surface area contributed by atoms with Crippen molar-refractivity contribution < 1.29 is 13.9 Å². The van der Waals surface area contributed by atoms with Crippen LogP contribution in [0.2, 0.25) is 0 Å². The van der Waals surface area contributed by atoms with Gasteiger partial charge in [-0.3, -0.25) is 9.69 Å². The third-order valence-electron chi connectivity index (χ3n) is 3.78. The van der Waals surface area contributed by atoms with Crippen LogP contribution < -0.4 is 0 Å². The standard InChI is InChI=1S/C13H19N3O3/c1-8(13(17)18-2)16(10-5-6-10)7-11-14-15-12(19-11)9-3-4-9/h8-10H,3-7H2,1-2H3/t8-/m0/s1. The first-order valence-electron chi connectivity index (χ1n) is 6.85.